The second-order valence-electron chi connectivity index (χ2n) is 7.34. The smallest absolute Gasteiger partial charge is 0.324 e. The van der Waals surface area contributed by atoms with Crippen LogP contribution in [-0.4, -0.2) is 33.7 Å². The molecule has 0 radical (unpaired) electrons. The van der Waals surface area contributed by atoms with Gasteiger partial charge >= 0.3 is 6.18 Å². The van der Waals surface area contributed by atoms with Crippen LogP contribution in [0.2, 0.25) is 0 Å². The van der Waals surface area contributed by atoms with Crippen LogP contribution in [0.25, 0.3) is 33.7 Å². The van der Waals surface area contributed by atoms with E-state index in [0.717, 1.165) is 23.4 Å². The molecule has 0 saturated heterocycles. The highest BCUT2D eigenvalue weighted by Crippen LogP contribution is 2.34. The topological polar surface area (TPSA) is 77.7 Å². The summed E-state index contributed by atoms with van der Waals surface area (Å²) in [5.41, 5.74) is 1.81. The van der Waals surface area contributed by atoms with Crippen LogP contribution >= 0.6 is 0 Å². The van der Waals surface area contributed by atoms with Crippen molar-refractivity contribution >= 4 is 20.9 Å². The average Bonchev–Trinajstić information content (AvgIpc) is 3.09. The van der Waals surface area contributed by atoms with Crippen LogP contribution in [0.4, 0.5) is 13.2 Å². The van der Waals surface area contributed by atoms with Crippen LogP contribution in [0, 0.1) is 6.92 Å². The minimum Gasteiger partial charge on any atom is -0.324 e. The summed E-state index contributed by atoms with van der Waals surface area (Å²) in [5, 5.41) is 0. The van der Waals surface area contributed by atoms with Crippen molar-refractivity contribution in [3.05, 3.63) is 60.0 Å². The second kappa shape index (κ2) is 7.70. The molecule has 10 heteroatoms. The third-order valence-corrected chi connectivity index (χ3v) is 7.03. The van der Waals surface area contributed by atoms with Gasteiger partial charge in [-0.1, -0.05) is 31.2 Å². The van der Waals surface area contributed by atoms with Gasteiger partial charge in [-0.3, -0.25) is 4.98 Å². The molecule has 6 nitrogen and oxygen atoms in total. The molecule has 0 aliphatic carbocycles. The summed E-state index contributed by atoms with van der Waals surface area (Å²) >= 11 is 0. The summed E-state index contributed by atoms with van der Waals surface area (Å²) in [4.78, 5) is 12.1. The van der Waals surface area contributed by atoms with Gasteiger partial charge < -0.3 is 4.57 Å². The fourth-order valence-electron chi connectivity index (χ4n) is 3.50. The predicted molar refractivity (Wildman–Crippen MR) is 115 cm³/mol. The van der Waals surface area contributed by atoms with E-state index in [-0.39, 0.29) is 27.7 Å². The van der Waals surface area contributed by atoms with Crippen LogP contribution < -0.4 is 0 Å². The molecule has 1 aromatic carbocycles. The first-order valence-corrected chi connectivity index (χ1v) is 11.4. The van der Waals surface area contributed by atoms with Crippen molar-refractivity contribution in [1.82, 2.24) is 19.5 Å². The maximum Gasteiger partial charge on any atom is 0.433 e. The standard InChI is InChI=1S/C22H19F3N4O2S/c1-4-32(30,31)18-9-14(15-8-6-5-7-13(15)2)11-27-20(18)21-28-16-10-19(22(23,24)25)26-12-17(16)29(21)3/h5-12H,4H2,1-3H3. The minimum atomic E-state index is -4.62. The summed E-state index contributed by atoms with van der Waals surface area (Å²) in [7, 11) is -2.14. The number of hydrogen-bond donors (Lipinski definition) is 0. The van der Waals surface area contributed by atoms with Gasteiger partial charge in [-0.2, -0.15) is 13.2 Å². The Labute approximate surface area is 182 Å². The van der Waals surface area contributed by atoms with Gasteiger partial charge in [0.25, 0.3) is 0 Å². The van der Waals surface area contributed by atoms with Crippen molar-refractivity contribution in [3.63, 3.8) is 0 Å². The maximum absolute atomic E-state index is 13.1. The van der Waals surface area contributed by atoms with Crippen molar-refractivity contribution in [2.24, 2.45) is 7.05 Å². The Morgan fingerprint density at radius 1 is 1.06 bits per heavy atom. The highest BCUT2D eigenvalue weighted by atomic mass is 32.2. The van der Waals surface area contributed by atoms with Crippen molar-refractivity contribution < 1.29 is 21.6 Å². The molecule has 0 atom stereocenters. The van der Waals surface area contributed by atoms with E-state index in [1.807, 2.05) is 31.2 Å². The number of pyridine rings is 2. The number of sulfone groups is 1. The number of rotatable bonds is 4. The quantitative estimate of drug-likeness (QED) is 0.436. The third kappa shape index (κ3) is 3.75. The van der Waals surface area contributed by atoms with Crippen molar-refractivity contribution in [2.75, 3.05) is 5.75 Å². The van der Waals surface area contributed by atoms with Gasteiger partial charge in [-0.05, 0) is 30.2 Å². The SMILES string of the molecule is CCS(=O)(=O)c1cc(-c2ccccc2C)cnc1-c1nc2cc(C(F)(F)F)ncc2n1C. The summed E-state index contributed by atoms with van der Waals surface area (Å²) in [5.74, 6) is -0.0210. The molecule has 4 rings (SSSR count). The van der Waals surface area contributed by atoms with Crippen molar-refractivity contribution in [1.29, 1.82) is 0 Å². The Kier molecular flexibility index (Phi) is 5.28. The summed E-state index contributed by atoms with van der Waals surface area (Å²) in [6.07, 6.45) is -1.99. The molecule has 0 aliphatic heterocycles. The molecule has 0 N–H and O–H groups in total. The molecule has 4 aromatic rings. The highest BCUT2D eigenvalue weighted by Gasteiger charge is 2.33. The molecule has 0 spiro atoms. The lowest BCUT2D eigenvalue weighted by atomic mass is 10.0. The Morgan fingerprint density at radius 3 is 2.44 bits per heavy atom. The number of halogens is 3. The number of aromatic nitrogens is 4. The zero-order valence-corrected chi connectivity index (χ0v) is 18.3. The maximum atomic E-state index is 13.1. The number of benzene rings is 1. The molecule has 0 fully saturated rings. The highest BCUT2D eigenvalue weighted by molar-refractivity contribution is 7.91. The molecule has 0 aliphatic rings. The largest absolute Gasteiger partial charge is 0.433 e. The van der Waals surface area contributed by atoms with Crippen LogP contribution in [0.5, 0.6) is 0 Å². The van der Waals surface area contributed by atoms with E-state index in [1.165, 1.54) is 11.5 Å². The van der Waals surface area contributed by atoms with E-state index in [2.05, 4.69) is 15.0 Å². The predicted octanol–water partition coefficient (Wildman–Crippen LogP) is 4.82. The number of aryl methyl sites for hydroxylation is 2. The number of hydrogen-bond acceptors (Lipinski definition) is 5. The first kappa shape index (κ1) is 21.9. The van der Waals surface area contributed by atoms with Crippen molar-refractivity contribution in [3.8, 4) is 22.6 Å². The zero-order chi connectivity index (χ0) is 23.3. The molecule has 0 saturated carbocycles. The Bertz CT molecular complexity index is 1440. The van der Waals surface area contributed by atoms with E-state index in [0.29, 0.717) is 11.1 Å². The normalized spacial score (nSPS) is 12.4. The van der Waals surface area contributed by atoms with Crippen LogP contribution in [-0.2, 0) is 23.1 Å². The number of fused-ring (bicyclic) bond motifs is 1. The Balaban J connectivity index is 1.96. The van der Waals surface area contributed by atoms with Gasteiger partial charge in [-0.25, -0.2) is 18.4 Å². The van der Waals surface area contributed by atoms with Gasteiger partial charge in [-0.15, -0.1) is 0 Å². The average molecular weight is 460 g/mol. The number of alkyl halides is 3. The van der Waals surface area contributed by atoms with E-state index in [4.69, 9.17) is 0 Å². The van der Waals surface area contributed by atoms with E-state index in [1.54, 1.807) is 19.3 Å². The van der Waals surface area contributed by atoms with Crippen LogP contribution in [0.1, 0.15) is 18.2 Å². The van der Waals surface area contributed by atoms with Crippen molar-refractivity contribution in [2.45, 2.75) is 24.9 Å². The molecular weight excluding hydrogens is 441 g/mol. The van der Waals surface area contributed by atoms with E-state index < -0.39 is 21.7 Å². The Morgan fingerprint density at radius 2 is 1.78 bits per heavy atom. The van der Waals surface area contributed by atoms with Gasteiger partial charge in [0.05, 0.1) is 27.9 Å². The van der Waals surface area contributed by atoms with Gasteiger partial charge in [0.1, 0.15) is 11.4 Å². The summed E-state index contributed by atoms with van der Waals surface area (Å²) < 4.78 is 66.6. The third-order valence-electron chi connectivity index (χ3n) is 5.29. The van der Waals surface area contributed by atoms with Gasteiger partial charge in [0, 0.05) is 18.8 Å². The molecule has 3 aromatic heterocycles. The lowest BCUT2D eigenvalue weighted by Crippen LogP contribution is -2.09. The molecular formula is C22H19F3N4O2S. The second-order valence-corrected chi connectivity index (χ2v) is 9.59. The summed E-state index contributed by atoms with van der Waals surface area (Å²) in [6.45, 7) is 3.43. The van der Waals surface area contributed by atoms with E-state index in [9.17, 15) is 21.6 Å². The first-order valence-electron chi connectivity index (χ1n) is 9.71. The van der Waals surface area contributed by atoms with Crippen LogP contribution in [0.3, 0.4) is 0 Å². The zero-order valence-electron chi connectivity index (χ0n) is 17.5. The fourth-order valence-corrected chi connectivity index (χ4v) is 4.56. The molecule has 166 valence electrons. The first-order chi connectivity index (χ1) is 15.0. The molecule has 0 amide bonds. The summed E-state index contributed by atoms with van der Waals surface area (Å²) in [6, 6.07) is 9.90. The number of imidazole rings is 1. The Hall–Kier alpha value is -3.27. The molecule has 32 heavy (non-hydrogen) atoms. The molecule has 0 unspecified atom stereocenters. The fraction of sp³-hybridized carbons (Fsp3) is 0.227. The van der Waals surface area contributed by atoms with Crippen LogP contribution in [0.15, 0.2) is 53.7 Å². The lowest BCUT2D eigenvalue weighted by molar-refractivity contribution is -0.141. The van der Waals surface area contributed by atoms with Gasteiger partial charge in [0.15, 0.2) is 15.7 Å². The van der Waals surface area contributed by atoms with E-state index >= 15 is 0 Å². The molecule has 0 bridgehead atoms. The lowest BCUT2D eigenvalue weighted by Gasteiger charge is -2.12. The minimum absolute atomic E-state index is 0.0248. The van der Waals surface area contributed by atoms with Gasteiger partial charge in [0.2, 0.25) is 0 Å². The monoisotopic (exact) mass is 460 g/mol. The molecule has 3 heterocycles. The number of nitrogens with zero attached hydrogens (tertiary/aromatic N) is 4.